The van der Waals surface area contributed by atoms with Gasteiger partial charge in [0.25, 0.3) is 11.8 Å². The predicted octanol–water partition coefficient (Wildman–Crippen LogP) is 5.21. The lowest BCUT2D eigenvalue weighted by Gasteiger charge is -2.26. The van der Waals surface area contributed by atoms with E-state index in [0.29, 0.717) is 22.4 Å². The van der Waals surface area contributed by atoms with Crippen molar-refractivity contribution in [1.29, 1.82) is 0 Å². The van der Waals surface area contributed by atoms with Gasteiger partial charge in [-0.25, -0.2) is 9.69 Å². The first-order valence-corrected chi connectivity index (χ1v) is 10.2. The SMILES string of the molecule is CCCOc1ccc(/C=C2\C(=O)NC(=O)N(c3ccc(Cl)c(Cl)c3)C2=O)cc1Br. The van der Waals surface area contributed by atoms with Crippen LogP contribution in [0.15, 0.2) is 46.4 Å². The van der Waals surface area contributed by atoms with E-state index < -0.39 is 17.8 Å². The smallest absolute Gasteiger partial charge is 0.335 e. The molecule has 1 aliphatic heterocycles. The lowest BCUT2D eigenvalue weighted by atomic mass is 10.1. The van der Waals surface area contributed by atoms with Gasteiger partial charge >= 0.3 is 6.03 Å². The molecular weight excluding hydrogens is 483 g/mol. The maximum Gasteiger partial charge on any atom is 0.335 e. The maximum absolute atomic E-state index is 12.9. The van der Waals surface area contributed by atoms with Crippen molar-refractivity contribution >= 4 is 68.7 Å². The molecule has 1 N–H and O–H groups in total. The van der Waals surface area contributed by atoms with Crippen LogP contribution >= 0.6 is 39.1 Å². The number of carbonyl (C=O) groups is 3. The standard InChI is InChI=1S/C20H15BrCl2N2O4/c1-2-7-29-17-6-3-11(9-14(17)21)8-13-18(26)24-20(28)25(19(13)27)12-4-5-15(22)16(23)10-12/h3-6,8-10H,2,7H2,1H3,(H,24,26,28)/b13-8+. The number of urea groups is 1. The second-order valence-electron chi connectivity index (χ2n) is 6.09. The predicted molar refractivity (Wildman–Crippen MR) is 115 cm³/mol. The van der Waals surface area contributed by atoms with Gasteiger partial charge in [-0.05, 0) is 64.3 Å². The number of halogens is 3. The van der Waals surface area contributed by atoms with Crippen molar-refractivity contribution in [3.05, 3.63) is 62.1 Å². The molecule has 4 amide bonds. The Labute approximate surface area is 185 Å². The van der Waals surface area contributed by atoms with Gasteiger partial charge in [0.05, 0.1) is 26.8 Å². The summed E-state index contributed by atoms with van der Waals surface area (Å²) in [6, 6.07) is 8.62. The van der Waals surface area contributed by atoms with Gasteiger partial charge in [-0.3, -0.25) is 14.9 Å². The largest absolute Gasteiger partial charge is 0.492 e. The molecule has 1 heterocycles. The third kappa shape index (κ3) is 4.63. The van der Waals surface area contributed by atoms with Crippen LogP contribution in [0, 0.1) is 0 Å². The lowest BCUT2D eigenvalue weighted by molar-refractivity contribution is -0.122. The highest BCUT2D eigenvalue weighted by Crippen LogP contribution is 2.30. The van der Waals surface area contributed by atoms with Crippen molar-refractivity contribution < 1.29 is 19.1 Å². The topological polar surface area (TPSA) is 75.7 Å². The Hall–Kier alpha value is -2.35. The molecule has 0 aromatic heterocycles. The van der Waals surface area contributed by atoms with E-state index in [1.165, 1.54) is 24.3 Å². The third-order valence-corrected chi connectivity index (χ3v) is 5.35. The van der Waals surface area contributed by atoms with Crippen LogP contribution in [0.25, 0.3) is 6.08 Å². The summed E-state index contributed by atoms with van der Waals surface area (Å²) in [7, 11) is 0. The number of hydrogen-bond acceptors (Lipinski definition) is 4. The van der Waals surface area contributed by atoms with E-state index in [9.17, 15) is 14.4 Å². The Bertz CT molecular complexity index is 1040. The molecule has 1 fully saturated rings. The lowest BCUT2D eigenvalue weighted by Crippen LogP contribution is -2.54. The minimum absolute atomic E-state index is 0.179. The molecule has 9 heteroatoms. The van der Waals surface area contributed by atoms with E-state index in [1.54, 1.807) is 18.2 Å². The van der Waals surface area contributed by atoms with Crippen LogP contribution in [0.2, 0.25) is 10.0 Å². The number of benzene rings is 2. The number of anilines is 1. The molecular formula is C20H15BrCl2N2O4. The maximum atomic E-state index is 12.9. The molecule has 0 aliphatic carbocycles. The number of barbiturate groups is 1. The highest BCUT2D eigenvalue weighted by molar-refractivity contribution is 9.10. The first kappa shape index (κ1) is 21.4. The summed E-state index contributed by atoms with van der Waals surface area (Å²) < 4.78 is 6.27. The van der Waals surface area contributed by atoms with Crippen molar-refractivity contribution in [2.24, 2.45) is 0 Å². The van der Waals surface area contributed by atoms with Crippen LogP contribution < -0.4 is 15.0 Å². The molecule has 0 atom stereocenters. The first-order valence-electron chi connectivity index (χ1n) is 8.60. The van der Waals surface area contributed by atoms with Crippen molar-refractivity contribution in [1.82, 2.24) is 5.32 Å². The zero-order chi connectivity index (χ0) is 21.1. The van der Waals surface area contributed by atoms with Crippen LogP contribution in [-0.2, 0) is 9.59 Å². The molecule has 150 valence electrons. The fourth-order valence-corrected chi connectivity index (χ4v) is 3.42. The number of carbonyl (C=O) groups excluding carboxylic acids is 3. The summed E-state index contributed by atoms with van der Waals surface area (Å²) in [5.74, 6) is -0.889. The summed E-state index contributed by atoms with van der Waals surface area (Å²) in [6.45, 7) is 2.57. The molecule has 1 saturated heterocycles. The summed E-state index contributed by atoms with van der Waals surface area (Å²) in [4.78, 5) is 38.3. The molecule has 0 unspecified atom stereocenters. The van der Waals surface area contributed by atoms with Crippen LogP contribution in [0.5, 0.6) is 5.75 Å². The minimum Gasteiger partial charge on any atom is -0.492 e. The van der Waals surface area contributed by atoms with Crippen molar-refractivity contribution in [2.45, 2.75) is 13.3 Å². The second-order valence-corrected chi connectivity index (χ2v) is 7.76. The van der Waals surface area contributed by atoms with Gasteiger partial charge in [0.15, 0.2) is 0 Å². The van der Waals surface area contributed by atoms with Gasteiger partial charge in [0.1, 0.15) is 11.3 Å². The number of nitrogens with zero attached hydrogens (tertiary/aromatic N) is 1. The van der Waals surface area contributed by atoms with Gasteiger partial charge in [-0.1, -0.05) is 36.2 Å². The summed E-state index contributed by atoms with van der Waals surface area (Å²) in [5.41, 5.74) is 0.595. The van der Waals surface area contributed by atoms with E-state index >= 15 is 0 Å². The van der Waals surface area contributed by atoms with Crippen molar-refractivity contribution in [3.63, 3.8) is 0 Å². The van der Waals surface area contributed by atoms with Crippen molar-refractivity contribution in [3.8, 4) is 5.75 Å². The highest BCUT2D eigenvalue weighted by Gasteiger charge is 2.37. The second kappa shape index (κ2) is 8.98. The fourth-order valence-electron chi connectivity index (χ4n) is 2.62. The molecule has 29 heavy (non-hydrogen) atoms. The first-order chi connectivity index (χ1) is 13.8. The quantitative estimate of drug-likeness (QED) is 0.454. The van der Waals surface area contributed by atoms with E-state index in [1.807, 2.05) is 6.92 Å². The van der Waals surface area contributed by atoms with Gasteiger partial charge in [0, 0.05) is 0 Å². The van der Waals surface area contributed by atoms with Gasteiger partial charge < -0.3 is 4.74 Å². The number of ether oxygens (including phenoxy) is 1. The molecule has 0 spiro atoms. The van der Waals surface area contributed by atoms with E-state index in [0.717, 1.165) is 11.3 Å². The average molecular weight is 498 g/mol. The molecule has 2 aromatic carbocycles. The number of rotatable bonds is 5. The van der Waals surface area contributed by atoms with Crippen LogP contribution in [0.3, 0.4) is 0 Å². The average Bonchev–Trinajstić information content (AvgIpc) is 2.67. The van der Waals surface area contributed by atoms with Crippen LogP contribution in [0.4, 0.5) is 10.5 Å². The summed E-state index contributed by atoms with van der Waals surface area (Å²) >= 11 is 15.3. The van der Waals surface area contributed by atoms with Gasteiger partial charge in [0.2, 0.25) is 0 Å². The molecule has 6 nitrogen and oxygen atoms in total. The van der Waals surface area contributed by atoms with Crippen LogP contribution in [0.1, 0.15) is 18.9 Å². The molecule has 0 radical (unpaired) electrons. The monoisotopic (exact) mass is 496 g/mol. The summed E-state index contributed by atoms with van der Waals surface area (Å²) in [5, 5.41) is 2.62. The zero-order valence-corrected chi connectivity index (χ0v) is 18.3. The molecule has 0 bridgehead atoms. The number of hydrogen-bond donors (Lipinski definition) is 1. The third-order valence-electron chi connectivity index (χ3n) is 3.99. The molecule has 3 rings (SSSR count). The van der Waals surface area contributed by atoms with E-state index in [-0.39, 0.29) is 21.3 Å². The van der Waals surface area contributed by atoms with Crippen LogP contribution in [-0.4, -0.2) is 24.5 Å². The molecule has 2 aromatic rings. The van der Waals surface area contributed by atoms with E-state index in [2.05, 4.69) is 21.2 Å². The van der Waals surface area contributed by atoms with Gasteiger partial charge in [-0.15, -0.1) is 0 Å². The van der Waals surface area contributed by atoms with E-state index in [4.69, 9.17) is 27.9 Å². The normalized spacial score (nSPS) is 15.7. The minimum atomic E-state index is -0.861. The summed E-state index contributed by atoms with van der Waals surface area (Å²) in [6.07, 6.45) is 2.27. The zero-order valence-electron chi connectivity index (χ0n) is 15.2. The number of amides is 4. The Morgan fingerprint density at radius 2 is 1.86 bits per heavy atom. The number of nitrogens with one attached hydrogen (secondary N) is 1. The fraction of sp³-hybridized carbons (Fsp3) is 0.150. The highest BCUT2D eigenvalue weighted by atomic mass is 79.9. The Morgan fingerprint density at radius 1 is 1.10 bits per heavy atom. The molecule has 1 aliphatic rings. The Balaban J connectivity index is 1.95. The Kier molecular flexibility index (Phi) is 6.62. The Morgan fingerprint density at radius 3 is 2.52 bits per heavy atom. The molecule has 0 saturated carbocycles. The van der Waals surface area contributed by atoms with Crippen molar-refractivity contribution in [2.75, 3.05) is 11.5 Å². The number of imide groups is 2. The van der Waals surface area contributed by atoms with Gasteiger partial charge in [-0.2, -0.15) is 0 Å².